The van der Waals surface area contributed by atoms with E-state index in [1.165, 1.54) is 0 Å². The normalized spacial score (nSPS) is 12.1. The van der Waals surface area contributed by atoms with E-state index in [1.54, 1.807) is 43.3 Å². The lowest BCUT2D eigenvalue weighted by Crippen LogP contribution is -2.34. The van der Waals surface area contributed by atoms with Gasteiger partial charge in [-0.15, -0.1) is 0 Å². The summed E-state index contributed by atoms with van der Waals surface area (Å²) < 4.78 is 10.9. The second-order valence-electron chi connectivity index (χ2n) is 5.86. The van der Waals surface area contributed by atoms with Crippen molar-refractivity contribution in [3.8, 4) is 11.5 Å². The van der Waals surface area contributed by atoms with Crippen molar-refractivity contribution in [2.24, 2.45) is 0 Å². The molecule has 1 heterocycles. The second-order valence-corrected chi connectivity index (χ2v) is 6.68. The highest BCUT2D eigenvalue weighted by Gasteiger charge is 2.16. The van der Waals surface area contributed by atoms with E-state index >= 15 is 0 Å². The third-order valence-corrected chi connectivity index (χ3v) is 4.38. The fourth-order valence-electron chi connectivity index (χ4n) is 2.46. The van der Waals surface area contributed by atoms with Gasteiger partial charge in [0.25, 0.3) is 5.91 Å². The molecule has 0 atom stereocenters. The van der Waals surface area contributed by atoms with Crippen LogP contribution in [0.5, 0.6) is 11.5 Å². The Morgan fingerprint density at radius 1 is 1.07 bits per heavy atom. The van der Waals surface area contributed by atoms with Gasteiger partial charge in [0.15, 0.2) is 16.6 Å². The average molecular weight is 420 g/mol. The summed E-state index contributed by atoms with van der Waals surface area (Å²) in [6, 6.07) is 9.84. The molecular weight excluding hydrogens is 402 g/mol. The van der Waals surface area contributed by atoms with E-state index in [1.807, 2.05) is 0 Å². The smallest absolute Gasteiger partial charge is 0.257 e. The summed E-state index contributed by atoms with van der Waals surface area (Å²) in [4.78, 5) is 24.0. The van der Waals surface area contributed by atoms with Gasteiger partial charge in [0.05, 0.1) is 10.7 Å². The molecule has 0 radical (unpaired) electrons. The molecule has 2 aromatic carbocycles. The predicted octanol–water partition coefficient (Wildman–Crippen LogP) is 3.59. The summed E-state index contributed by atoms with van der Waals surface area (Å²) in [5.74, 6) is 0.588. The number of halogens is 1. The standard InChI is InChI=1S/C19H18ClN3O4S/c1-2-17(24)21-12-4-5-13(20)14(10-12)22-19(28)23-18(25)11-3-6-15-16(9-11)27-8-7-26-15/h3-6,9-10H,2,7-8H2,1H3,(H,21,24)(H2,22,23,25,28). The van der Waals surface area contributed by atoms with Crippen LogP contribution >= 0.6 is 23.8 Å². The van der Waals surface area contributed by atoms with Gasteiger partial charge in [0, 0.05) is 17.7 Å². The lowest BCUT2D eigenvalue weighted by Gasteiger charge is -2.19. The summed E-state index contributed by atoms with van der Waals surface area (Å²) in [5.41, 5.74) is 1.41. The first-order valence-corrected chi connectivity index (χ1v) is 9.36. The Morgan fingerprint density at radius 3 is 2.57 bits per heavy atom. The van der Waals surface area contributed by atoms with Crippen LogP contribution in [0.1, 0.15) is 23.7 Å². The quantitative estimate of drug-likeness (QED) is 0.656. The molecule has 1 aliphatic heterocycles. The number of hydrogen-bond acceptors (Lipinski definition) is 5. The van der Waals surface area contributed by atoms with Crippen LogP contribution in [0.3, 0.4) is 0 Å². The molecule has 3 N–H and O–H groups in total. The number of amides is 2. The summed E-state index contributed by atoms with van der Waals surface area (Å²) in [5, 5.41) is 8.65. The van der Waals surface area contributed by atoms with Crippen molar-refractivity contribution in [2.45, 2.75) is 13.3 Å². The van der Waals surface area contributed by atoms with Crippen molar-refractivity contribution in [1.82, 2.24) is 5.32 Å². The highest BCUT2D eigenvalue weighted by atomic mass is 35.5. The molecule has 0 aliphatic carbocycles. The molecule has 0 saturated heterocycles. The lowest BCUT2D eigenvalue weighted by molar-refractivity contribution is -0.115. The number of rotatable bonds is 4. The van der Waals surface area contributed by atoms with Crippen molar-refractivity contribution in [2.75, 3.05) is 23.8 Å². The molecule has 0 fully saturated rings. The van der Waals surface area contributed by atoms with Gasteiger partial charge in [0.2, 0.25) is 5.91 Å². The predicted molar refractivity (Wildman–Crippen MR) is 111 cm³/mol. The number of hydrogen-bond donors (Lipinski definition) is 3. The van der Waals surface area contributed by atoms with Crippen molar-refractivity contribution < 1.29 is 19.1 Å². The Bertz CT molecular complexity index is 935. The van der Waals surface area contributed by atoms with Gasteiger partial charge < -0.3 is 20.1 Å². The van der Waals surface area contributed by atoms with Gasteiger partial charge in [-0.2, -0.15) is 0 Å². The summed E-state index contributed by atoms with van der Waals surface area (Å²) >= 11 is 11.4. The van der Waals surface area contributed by atoms with Gasteiger partial charge in [-0.25, -0.2) is 0 Å². The van der Waals surface area contributed by atoms with Gasteiger partial charge in [-0.3, -0.25) is 14.9 Å². The zero-order valence-corrected chi connectivity index (χ0v) is 16.6. The molecule has 9 heteroatoms. The molecule has 3 rings (SSSR count). The van der Waals surface area contributed by atoms with Gasteiger partial charge >= 0.3 is 0 Å². The molecular formula is C19H18ClN3O4S. The van der Waals surface area contributed by atoms with E-state index in [4.69, 9.17) is 33.3 Å². The molecule has 2 amide bonds. The second kappa shape index (κ2) is 8.90. The Morgan fingerprint density at radius 2 is 1.82 bits per heavy atom. The highest BCUT2D eigenvalue weighted by molar-refractivity contribution is 7.80. The topological polar surface area (TPSA) is 88.7 Å². The zero-order chi connectivity index (χ0) is 20.1. The number of ether oxygens (including phenoxy) is 2. The maximum Gasteiger partial charge on any atom is 0.257 e. The first-order chi connectivity index (χ1) is 13.5. The largest absolute Gasteiger partial charge is 0.486 e. The monoisotopic (exact) mass is 419 g/mol. The molecule has 0 bridgehead atoms. The highest BCUT2D eigenvalue weighted by Crippen LogP contribution is 2.30. The van der Waals surface area contributed by atoms with E-state index in [0.29, 0.717) is 53.1 Å². The Balaban J connectivity index is 1.66. The Labute approximate surface area is 172 Å². The average Bonchev–Trinajstić information content (AvgIpc) is 2.69. The number of carbonyl (C=O) groups excluding carboxylic acids is 2. The summed E-state index contributed by atoms with van der Waals surface area (Å²) in [6.45, 7) is 2.67. The fraction of sp³-hybridized carbons (Fsp3) is 0.211. The van der Waals surface area contributed by atoms with E-state index in [-0.39, 0.29) is 11.0 Å². The molecule has 0 unspecified atom stereocenters. The van der Waals surface area contributed by atoms with Crippen molar-refractivity contribution >= 4 is 52.1 Å². The SMILES string of the molecule is CCC(=O)Nc1ccc(Cl)c(NC(=S)NC(=O)c2ccc3c(c2)OCCO3)c1. The Kier molecular flexibility index (Phi) is 6.33. The zero-order valence-electron chi connectivity index (χ0n) is 15.0. The first kappa shape index (κ1) is 19.9. The number of benzene rings is 2. The van der Waals surface area contributed by atoms with Crippen LogP contribution in [0.15, 0.2) is 36.4 Å². The lowest BCUT2D eigenvalue weighted by atomic mass is 10.2. The van der Waals surface area contributed by atoms with Gasteiger partial charge in [-0.05, 0) is 48.6 Å². The van der Waals surface area contributed by atoms with Crippen molar-refractivity contribution in [3.05, 3.63) is 47.0 Å². The van der Waals surface area contributed by atoms with Crippen LogP contribution in [-0.4, -0.2) is 30.1 Å². The number of nitrogens with one attached hydrogen (secondary N) is 3. The van der Waals surface area contributed by atoms with Crippen LogP contribution in [0.4, 0.5) is 11.4 Å². The number of fused-ring (bicyclic) bond motifs is 1. The maximum atomic E-state index is 12.4. The minimum Gasteiger partial charge on any atom is -0.486 e. The maximum absolute atomic E-state index is 12.4. The van der Waals surface area contributed by atoms with Crippen LogP contribution in [-0.2, 0) is 4.79 Å². The minimum atomic E-state index is -0.402. The molecule has 7 nitrogen and oxygen atoms in total. The van der Waals surface area contributed by atoms with Crippen LogP contribution < -0.4 is 25.4 Å². The van der Waals surface area contributed by atoms with Gasteiger partial charge in [0.1, 0.15) is 13.2 Å². The van der Waals surface area contributed by atoms with E-state index < -0.39 is 5.91 Å². The molecule has 28 heavy (non-hydrogen) atoms. The molecule has 1 aliphatic rings. The number of anilines is 2. The number of carbonyl (C=O) groups is 2. The van der Waals surface area contributed by atoms with Crippen LogP contribution in [0.25, 0.3) is 0 Å². The molecule has 2 aromatic rings. The molecule has 0 spiro atoms. The van der Waals surface area contributed by atoms with Gasteiger partial charge in [-0.1, -0.05) is 18.5 Å². The van der Waals surface area contributed by atoms with E-state index in [2.05, 4.69) is 16.0 Å². The third kappa shape index (κ3) is 4.90. The molecule has 0 aromatic heterocycles. The van der Waals surface area contributed by atoms with Crippen molar-refractivity contribution in [1.29, 1.82) is 0 Å². The third-order valence-electron chi connectivity index (χ3n) is 3.85. The first-order valence-electron chi connectivity index (χ1n) is 8.57. The molecule has 146 valence electrons. The van der Waals surface area contributed by atoms with Crippen LogP contribution in [0, 0.1) is 0 Å². The fourth-order valence-corrected chi connectivity index (χ4v) is 2.83. The molecule has 0 saturated carbocycles. The minimum absolute atomic E-state index is 0.0701. The van der Waals surface area contributed by atoms with Crippen molar-refractivity contribution in [3.63, 3.8) is 0 Å². The number of thiocarbonyl (C=S) groups is 1. The van der Waals surface area contributed by atoms with Crippen LogP contribution in [0.2, 0.25) is 5.02 Å². The Hall–Kier alpha value is -2.84. The summed E-state index contributed by atoms with van der Waals surface area (Å²) in [6.07, 6.45) is 0.357. The van der Waals surface area contributed by atoms with E-state index in [9.17, 15) is 9.59 Å². The summed E-state index contributed by atoms with van der Waals surface area (Å²) in [7, 11) is 0. The van der Waals surface area contributed by atoms with E-state index in [0.717, 1.165) is 0 Å².